The van der Waals surface area contributed by atoms with E-state index in [1.807, 2.05) is 13.8 Å². The molecule has 1 rings (SSSR count). The molecule has 2 unspecified atom stereocenters. The van der Waals surface area contributed by atoms with E-state index >= 15 is 0 Å². The average molecular weight is 268 g/mol. The van der Waals surface area contributed by atoms with Gasteiger partial charge in [0.2, 0.25) is 5.91 Å². The van der Waals surface area contributed by atoms with Crippen LogP contribution in [0.15, 0.2) is 0 Å². The summed E-state index contributed by atoms with van der Waals surface area (Å²) in [7, 11) is 0. The molecule has 0 aromatic carbocycles. The third kappa shape index (κ3) is 4.13. The molecule has 106 valence electrons. The molecule has 0 spiro atoms. The number of amides is 1. The Morgan fingerprint density at radius 3 is 2.61 bits per heavy atom. The molecular weight excluding hydrogens is 249 g/mol. The summed E-state index contributed by atoms with van der Waals surface area (Å²) in [4.78, 5) is 13.0. The molecule has 1 fully saturated rings. The minimum Gasteiger partial charge on any atom is -0.382 e. The Kier molecular flexibility index (Phi) is 4.98. The lowest BCUT2D eigenvalue weighted by Crippen LogP contribution is -2.55. The summed E-state index contributed by atoms with van der Waals surface area (Å²) in [5.41, 5.74) is 0. The highest BCUT2D eigenvalue weighted by molar-refractivity contribution is 5.82. The van der Waals surface area contributed by atoms with Crippen LogP contribution in [0.2, 0.25) is 0 Å². The number of rotatable bonds is 4. The third-order valence-electron chi connectivity index (χ3n) is 2.84. The molecule has 4 nitrogen and oxygen atoms in total. The first-order valence-electron chi connectivity index (χ1n) is 6.01. The van der Waals surface area contributed by atoms with Crippen LogP contribution in [0.4, 0.5) is 13.2 Å². The number of nitrogens with zero attached hydrogens (tertiary/aromatic N) is 1. The van der Waals surface area contributed by atoms with Gasteiger partial charge in [-0.25, -0.2) is 0 Å². The quantitative estimate of drug-likeness (QED) is 0.796. The van der Waals surface area contributed by atoms with Gasteiger partial charge in [-0.2, -0.15) is 13.2 Å². The number of carbonyl (C=O) groups is 1. The summed E-state index contributed by atoms with van der Waals surface area (Å²) >= 11 is 0. The number of hydrogen-bond acceptors (Lipinski definition) is 3. The number of likely N-dealkylation sites (tertiary alicyclic amines) is 1. The van der Waals surface area contributed by atoms with E-state index in [1.54, 1.807) is 0 Å². The van der Waals surface area contributed by atoms with Crippen molar-refractivity contribution in [3.8, 4) is 0 Å². The molecule has 7 heteroatoms. The predicted octanol–water partition coefficient (Wildman–Crippen LogP) is 0.899. The van der Waals surface area contributed by atoms with Gasteiger partial charge in [-0.1, -0.05) is 13.8 Å². The zero-order chi connectivity index (χ0) is 13.9. The molecule has 1 aliphatic rings. The Hall–Kier alpha value is -0.820. The number of aliphatic hydroxyl groups is 1. The van der Waals surface area contributed by atoms with Crippen molar-refractivity contribution in [2.24, 2.45) is 0 Å². The first-order chi connectivity index (χ1) is 8.21. The van der Waals surface area contributed by atoms with Crippen LogP contribution in [-0.2, 0) is 4.79 Å². The highest BCUT2D eigenvalue weighted by atomic mass is 19.4. The Morgan fingerprint density at radius 2 is 2.11 bits per heavy atom. The van der Waals surface area contributed by atoms with Gasteiger partial charge in [0.25, 0.3) is 0 Å². The van der Waals surface area contributed by atoms with E-state index in [1.165, 1.54) is 0 Å². The molecule has 18 heavy (non-hydrogen) atoms. The lowest BCUT2D eigenvalue weighted by Gasteiger charge is -2.35. The maximum absolute atomic E-state index is 12.2. The molecule has 0 aliphatic carbocycles. The molecule has 0 radical (unpaired) electrons. The fraction of sp³-hybridized carbons (Fsp3) is 0.909. The fourth-order valence-electron chi connectivity index (χ4n) is 1.99. The molecule has 2 N–H and O–H groups in total. The summed E-state index contributed by atoms with van der Waals surface area (Å²) in [6.45, 7) is 3.33. The van der Waals surface area contributed by atoms with E-state index in [0.29, 0.717) is 12.8 Å². The van der Waals surface area contributed by atoms with Crippen molar-refractivity contribution in [1.29, 1.82) is 0 Å². The van der Waals surface area contributed by atoms with Crippen molar-refractivity contribution in [3.63, 3.8) is 0 Å². The van der Waals surface area contributed by atoms with Gasteiger partial charge in [-0.3, -0.25) is 4.79 Å². The number of aliphatic hydroxyl groups excluding tert-OH is 1. The zero-order valence-electron chi connectivity index (χ0n) is 10.5. The molecular formula is C11H19F3N2O2. The fourth-order valence-corrected chi connectivity index (χ4v) is 1.99. The van der Waals surface area contributed by atoms with Gasteiger partial charge in [0.15, 0.2) is 6.10 Å². The Labute approximate surface area is 104 Å². The third-order valence-corrected chi connectivity index (χ3v) is 2.84. The molecule has 2 atom stereocenters. The summed E-state index contributed by atoms with van der Waals surface area (Å²) in [5, 5.41) is 12.0. The van der Waals surface area contributed by atoms with Crippen molar-refractivity contribution < 1.29 is 23.1 Å². The van der Waals surface area contributed by atoms with Crippen molar-refractivity contribution in [2.75, 3.05) is 13.1 Å². The normalized spacial score (nSPS) is 23.6. The van der Waals surface area contributed by atoms with Crippen LogP contribution in [0, 0.1) is 0 Å². The standard InChI is InChI=1S/C11H19F3N2O2/c1-7(2)15-8-4-3-5-16(10(8)18)6-9(17)11(12,13)14/h7-9,15,17H,3-6H2,1-2H3. The predicted molar refractivity (Wildman–Crippen MR) is 59.9 cm³/mol. The van der Waals surface area contributed by atoms with Gasteiger partial charge in [-0.05, 0) is 12.8 Å². The van der Waals surface area contributed by atoms with Crippen LogP contribution in [-0.4, -0.2) is 53.4 Å². The van der Waals surface area contributed by atoms with E-state index in [0.717, 1.165) is 4.90 Å². The van der Waals surface area contributed by atoms with Crippen LogP contribution < -0.4 is 5.32 Å². The van der Waals surface area contributed by atoms with E-state index < -0.39 is 24.9 Å². The lowest BCUT2D eigenvalue weighted by molar-refractivity contribution is -0.209. The zero-order valence-corrected chi connectivity index (χ0v) is 10.5. The van der Waals surface area contributed by atoms with Crippen LogP contribution in [0.25, 0.3) is 0 Å². The molecule has 1 aliphatic heterocycles. The summed E-state index contributed by atoms with van der Waals surface area (Å²) in [6.07, 6.45) is -5.89. The molecule has 1 saturated heterocycles. The minimum atomic E-state index is -4.68. The molecule has 0 aromatic heterocycles. The van der Waals surface area contributed by atoms with E-state index in [-0.39, 0.29) is 18.5 Å². The van der Waals surface area contributed by atoms with Crippen LogP contribution in [0.5, 0.6) is 0 Å². The van der Waals surface area contributed by atoms with E-state index in [9.17, 15) is 18.0 Å². The van der Waals surface area contributed by atoms with Gasteiger partial charge in [-0.15, -0.1) is 0 Å². The van der Waals surface area contributed by atoms with Crippen molar-refractivity contribution in [1.82, 2.24) is 10.2 Å². The minimum absolute atomic E-state index is 0.0893. The molecule has 0 saturated carbocycles. The summed E-state index contributed by atoms with van der Waals surface area (Å²) in [5.74, 6) is -0.363. The highest BCUT2D eigenvalue weighted by Gasteiger charge is 2.41. The van der Waals surface area contributed by atoms with E-state index in [2.05, 4.69) is 5.32 Å². The smallest absolute Gasteiger partial charge is 0.382 e. The largest absolute Gasteiger partial charge is 0.416 e. The lowest BCUT2D eigenvalue weighted by atomic mass is 10.0. The van der Waals surface area contributed by atoms with Gasteiger partial charge >= 0.3 is 6.18 Å². The Bertz CT molecular complexity index is 295. The maximum Gasteiger partial charge on any atom is 0.416 e. The number of nitrogens with one attached hydrogen (secondary N) is 1. The number of hydrogen-bond donors (Lipinski definition) is 2. The first kappa shape index (κ1) is 15.2. The molecule has 0 bridgehead atoms. The first-order valence-corrected chi connectivity index (χ1v) is 6.01. The molecule has 1 amide bonds. The number of β-amino-alcohol motifs (C(OH)–C–C–N with tert-alkyl or cyclic N) is 1. The highest BCUT2D eigenvalue weighted by Crippen LogP contribution is 2.22. The monoisotopic (exact) mass is 268 g/mol. The molecule has 1 heterocycles. The second-order valence-corrected chi connectivity index (χ2v) is 4.86. The maximum atomic E-state index is 12.2. The van der Waals surface area contributed by atoms with E-state index in [4.69, 9.17) is 5.11 Å². The number of piperidine rings is 1. The van der Waals surface area contributed by atoms with Crippen LogP contribution in [0.1, 0.15) is 26.7 Å². The van der Waals surface area contributed by atoms with Gasteiger partial charge in [0, 0.05) is 12.6 Å². The average Bonchev–Trinajstić information content (AvgIpc) is 2.21. The van der Waals surface area contributed by atoms with Gasteiger partial charge in [0.05, 0.1) is 12.6 Å². The summed E-state index contributed by atoms with van der Waals surface area (Å²) in [6, 6.07) is -0.356. The Balaban J connectivity index is 2.58. The Morgan fingerprint density at radius 1 is 1.50 bits per heavy atom. The number of alkyl halides is 3. The molecule has 0 aromatic rings. The number of halogens is 3. The van der Waals surface area contributed by atoms with Crippen molar-refractivity contribution in [2.45, 2.75) is 51.1 Å². The second kappa shape index (κ2) is 5.88. The topological polar surface area (TPSA) is 52.6 Å². The van der Waals surface area contributed by atoms with Crippen LogP contribution >= 0.6 is 0 Å². The van der Waals surface area contributed by atoms with Gasteiger partial charge in [0.1, 0.15) is 0 Å². The van der Waals surface area contributed by atoms with Gasteiger partial charge < -0.3 is 15.3 Å². The van der Waals surface area contributed by atoms with Crippen molar-refractivity contribution >= 4 is 5.91 Å². The van der Waals surface area contributed by atoms with Crippen molar-refractivity contribution in [3.05, 3.63) is 0 Å². The summed E-state index contributed by atoms with van der Waals surface area (Å²) < 4.78 is 36.7. The van der Waals surface area contributed by atoms with Crippen LogP contribution in [0.3, 0.4) is 0 Å². The number of carbonyl (C=O) groups excluding carboxylic acids is 1. The SMILES string of the molecule is CC(C)NC1CCCN(CC(O)C(F)(F)F)C1=O. The second-order valence-electron chi connectivity index (χ2n) is 4.86.